The molecule has 1 aromatic rings. The molecule has 1 aliphatic heterocycles. The number of amides is 1. The van der Waals surface area contributed by atoms with Gasteiger partial charge in [0, 0.05) is 10.8 Å². The molecule has 2 heterocycles. The second-order valence-electron chi connectivity index (χ2n) is 6.41. The van der Waals surface area contributed by atoms with Crippen molar-refractivity contribution >= 4 is 22.4 Å². The van der Waals surface area contributed by atoms with Gasteiger partial charge in [-0.1, -0.05) is 20.8 Å². The summed E-state index contributed by atoms with van der Waals surface area (Å²) in [7, 11) is 0. The van der Waals surface area contributed by atoms with Crippen LogP contribution in [0.4, 0.5) is 5.13 Å². The molecule has 0 spiro atoms. The van der Waals surface area contributed by atoms with Crippen LogP contribution in [0.3, 0.4) is 0 Å². The fraction of sp³-hybridized carbons (Fsp3) is 0.733. The summed E-state index contributed by atoms with van der Waals surface area (Å²) in [6, 6.07) is 0. The van der Waals surface area contributed by atoms with Gasteiger partial charge in [-0.15, -0.1) is 11.3 Å². The van der Waals surface area contributed by atoms with E-state index in [2.05, 4.69) is 36.4 Å². The lowest BCUT2D eigenvalue weighted by Gasteiger charge is -2.22. The Balaban J connectivity index is 1.70. The number of hydrogen-bond acceptors (Lipinski definition) is 5. The maximum absolute atomic E-state index is 11.9. The number of thiazole rings is 1. The zero-order chi connectivity index (χ0) is 15.3. The van der Waals surface area contributed by atoms with Crippen LogP contribution in [0.25, 0.3) is 0 Å². The summed E-state index contributed by atoms with van der Waals surface area (Å²) in [5.74, 6) is -0.0289. The lowest BCUT2D eigenvalue weighted by molar-refractivity contribution is -0.117. The number of nitrogens with zero attached hydrogens (tertiary/aromatic N) is 1. The molecule has 1 amide bonds. The van der Waals surface area contributed by atoms with Crippen LogP contribution in [0, 0.1) is 0 Å². The highest BCUT2D eigenvalue weighted by Crippen LogP contribution is 2.26. The van der Waals surface area contributed by atoms with E-state index in [1.807, 2.05) is 5.38 Å². The number of hydrogen-bond donors (Lipinski definition) is 2. The SMILES string of the molecule is CC(C)(C)c1csc(NC(=O)CCOC2CCNCC2)n1. The molecule has 1 aromatic heterocycles. The molecule has 0 atom stereocenters. The molecule has 0 radical (unpaired) electrons. The smallest absolute Gasteiger partial charge is 0.228 e. The maximum Gasteiger partial charge on any atom is 0.228 e. The molecule has 0 unspecified atom stereocenters. The second-order valence-corrected chi connectivity index (χ2v) is 7.26. The first-order valence-corrected chi connectivity index (χ1v) is 8.41. The van der Waals surface area contributed by atoms with Gasteiger partial charge in [-0.05, 0) is 25.9 Å². The number of piperidine rings is 1. The quantitative estimate of drug-likeness (QED) is 0.877. The molecular formula is C15H25N3O2S. The van der Waals surface area contributed by atoms with Gasteiger partial charge in [0.1, 0.15) is 0 Å². The third kappa shape index (κ3) is 5.37. The van der Waals surface area contributed by atoms with Gasteiger partial charge >= 0.3 is 0 Å². The average Bonchev–Trinajstić information content (AvgIpc) is 2.88. The summed E-state index contributed by atoms with van der Waals surface area (Å²) in [5, 5.41) is 8.82. The van der Waals surface area contributed by atoms with Crippen LogP contribution in [-0.4, -0.2) is 36.7 Å². The maximum atomic E-state index is 11.9. The molecule has 0 aliphatic carbocycles. The first-order chi connectivity index (χ1) is 9.95. The number of anilines is 1. The van der Waals surface area contributed by atoms with Gasteiger partial charge in [-0.2, -0.15) is 0 Å². The summed E-state index contributed by atoms with van der Waals surface area (Å²) in [6.45, 7) is 8.83. The van der Waals surface area contributed by atoms with Crippen LogP contribution in [0.15, 0.2) is 5.38 Å². The lowest BCUT2D eigenvalue weighted by Crippen LogP contribution is -2.33. The first kappa shape index (κ1) is 16.4. The average molecular weight is 311 g/mol. The Morgan fingerprint density at radius 1 is 1.48 bits per heavy atom. The Morgan fingerprint density at radius 2 is 2.19 bits per heavy atom. The van der Waals surface area contributed by atoms with Gasteiger partial charge in [0.2, 0.25) is 5.91 Å². The minimum absolute atomic E-state index is 0.0115. The molecule has 1 saturated heterocycles. The molecule has 21 heavy (non-hydrogen) atoms. The predicted octanol–water partition coefficient (Wildman–Crippen LogP) is 2.54. The predicted molar refractivity (Wildman–Crippen MR) is 85.9 cm³/mol. The standard InChI is InChI=1S/C15H25N3O2S/c1-15(2,3)12-10-21-14(17-12)18-13(19)6-9-20-11-4-7-16-8-5-11/h10-11,16H,4-9H2,1-3H3,(H,17,18,19). The van der Waals surface area contributed by atoms with E-state index in [-0.39, 0.29) is 11.3 Å². The molecule has 5 nitrogen and oxygen atoms in total. The van der Waals surface area contributed by atoms with Gasteiger partial charge in [0.15, 0.2) is 5.13 Å². The summed E-state index contributed by atoms with van der Waals surface area (Å²) in [4.78, 5) is 16.3. The Kier molecular flexibility index (Phi) is 5.72. The van der Waals surface area contributed by atoms with E-state index in [0.717, 1.165) is 31.6 Å². The van der Waals surface area contributed by atoms with Crippen molar-refractivity contribution in [1.29, 1.82) is 0 Å². The molecule has 0 aromatic carbocycles. The summed E-state index contributed by atoms with van der Waals surface area (Å²) in [6.07, 6.45) is 2.74. The molecule has 1 aliphatic rings. The molecule has 6 heteroatoms. The first-order valence-electron chi connectivity index (χ1n) is 7.53. The van der Waals surface area contributed by atoms with E-state index >= 15 is 0 Å². The van der Waals surface area contributed by atoms with Crippen LogP contribution in [-0.2, 0) is 14.9 Å². The van der Waals surface area contributed by atoms with Crippen LogP contribution in [0.2, 0.25) is 0 Å². The van der Waals surface area contributed by atoms with Gasteiger partial charge in [-0.3, -0.25) is 4.79 Å². The third-order valence-corrected chi connectivity index (χ3v) is 4.25. The van der Waals surface area contributed by atoms with Gasteiger partial charge < -0.3 is 15.4 Å². The highest BCUT2D eigenvalue weighted by molar-refractivity contribution is 7.13. The number of ether oxygens (including phenoxy) is 1. The van der Waals surface area contributed by atoms with Crippen molar-refractivity contribution in [3.63, 3.8) is 0 Å². The van der Waals surface area contributed by atoms with E-state index < -0.39 is 0 Å². The Hall–Kier alpha value is -0.980. The van der Waals surface area contributed by atoms with Crippen molar-refractivity contribution in [2.75, 3.05) is 25.0 Å². The molecular weight excluding hydrogens is 286 g/mol. The topological polar surface area (TPSA) is 63.2 Å². The number of carbonyl (C=O) groups excluding carboxylic acids is 1. The summed E-state index contributed by atoms with van der Waals surface area (Å²) >= 11 is 1.47. The van der Waals surface area contributed by atoms with Crippen LogP contribution in [0.1, 0.15) is 45.7 Å². The van der Waals surface area contributed by atoms with Crippen LogP contribution >= 0.6 is 11.3 Å². The Labute approximate surface area is 130 Å². The van der Waals surface area contributed by atoms with Crippen molar-refractivity contribution in [2.24, 2.45) is 0 Å². The van der Waals surface area contributed by atoms with E-state index in [4.69, 9.17) is 4.74 Å². The van der Waals surface area contributed by atoms with Crippen LogP contribution in [0.5, 0.6) is 0 Å². The number of rotatable bonds is 5. The fourth-order valence-corrected chi connectivity index (χ4v) is 3.09. The third-order valence-electron chi connectivity index (χ3n) is 3.49. The summed E-state index contributed by atoms with van der Waals surface area (Å²) in [5.41, 5.74) is 1.02. The van der Waals surface area contributed by atoms with E-state index in [1.165, 1.54) is 11.3 Å². The molecule has 2 N–H and O–H groups in total. The highest BCUT2D eigenvalue weighted by atomic mass is 32.1. The van der Waals surface area contributed by atoms with E-state index in [9.17, 15) is 4.79 Å². The fourth-order valence-electron chi connectivity index (χ4n) is 2.14. The number of nitrogens with one attached hydrogen (secondary N) is 2. The largest absolute Gasteiger partial charge is 0.378 e. The molecule has 1 fully saturated rings. The molecule has 0 bridgehead atoms. The summed E-state index contributed by atoms with van der Waals surface area (Å²) < 4.78 is 5.73. The zero-order valence-electron chi connectivity index (χ0n) is 13.1. The van der Waals surface area contributed by atoms with Crippen molar-refractivity contribution in [2.45, 2.75) is 51.6 Å². The van der Waals surface area contributed by atoms with Crippen molar-refractivity contribution in [1.82, 2.24) is 10.3 Å². The second kappa shape index (κ2) is 7.33. The van der Waals surface area contributed by atoms with Gasteiger partial charge in [0.25, 0.3) is 0 Å². The molecule has 118 valence electrons. The highest BCUT2D eigenvalue weighted by Gasteiger charge is 2.18. The Morgan fingerprint density at radius 3 is 2.81 bits per heavy atom. The Bertz CT molecular complexity index is 462. The van der Waals surface area contributed by atoms with Crippen molar-refractivity contribution < 1.29 is 9.53 Å². The zero-order valence-corrected chi connectivity index (χ0v) is 13.9. The number of aromatic nitrogens is 1. The monoisotopic (exact) mass is 311 g/mol. The van der Waals surface area contributed by atoms with Crippen molar-refractivity contribution in [3.05, 3.63) is 11.1 Å². The lowest BCUT2D eigenvalue weighted by atomic mass is 9.93. The minimum Gasteiger partial charge on any atom is -0.378 e. The van der Waals surface area contributed by atoms with Crippen LogP contribution < -0.4 is 10.6 Å². The van der Waals surface area contributed by atoms with Gasteiger partial charge in [-0.25, -0.2) is 4.98 Å². The molecule has 0 saturated carbocycles. The molecule has 2 rings (SSSR count). The van der Waals surface area contributed by atoms with E-state index in [1.54, 1.807) is 0 Å². The van der Waals surface area contributed by atoms with Gasteiger partial charge in [0.05, 0.1) is 24.8 Å². The normalized spacial score (nSPS) is 16.9. The minimum atomic E-state index is -0.0289. The van der Waals surface area contributed by atoms with Crippen molar-refractivity contribution in [3.8, 4) is 0 Å². The number of carbonyl (C=O) groups is 1. The van der Waals surface area contributed by atoms with E-state index in [0.29, 0.717) is 24.3 Å².